The number of aliphatic hydroxyl groups is 3. The molecule has 0 heterocycles. The van der Waals surface area contributed by atoms with Crippen LogP contribution in [0.2, 0.25) is 0 Å². The van der Waals surface area contributed by atoms with Crippen LogP contribution >= 0.6 is 0 Å². The van der Waals surface area contributed by atoms with Crippen molar-refractivity contribution < 1.29 is 20.4 Å². The molecule has 0 spiro atoms. The van der Waals surface area contributed by atoms with Gasteiger partial charge in [-0.15, -0.1) is 0 Å². The molecule has 0 aliphatic heterocycles. The average molecular weight is 476 g/mol. The molecule has 1 aliphatic rings. The van der Waals surface area contributed by atoms with Crippen LogP contribution in [0.15, 0.2) is 35.4 Å². The SMILES string of the molecule is CCc1cc(C2(C(C)C)C=C(C(C)C)C=C(C(C)C)C2)cc(CC)c1O.NC(CO)(CO)CO. The fraction of sp³-hybridized carbons (Fsp3) is 0.655. The highest BCUT2D eigenvalue weighted by molar-refractivity contribution is 5.51. The van der Waals surface area contributed by atoms with Crippen molar-refractivity contribution in [3.8, 4) is 5.75 Å². The summed E-state index contributed by atoms with van der Waals surface area (Å²) in [5.74, 6) is 2.08. The van der Waals surface area contributed by atoms with Gasteiger partial charge in [-0.05, 0) is 59.3 Å². The van der Waals surface area contributed by atoms with Gasteiger partial charge in [-0.2, -0.15) is 0 Å². The lowest BCUT2D eigenvalue weighted by Crippen LogP contribution is -2.50. The van der Waals surface area contributed by atoms with Gasteiger partial charge in [0.15, 0.2) is 0 Å². The minimum atomic E-state index is -1.21. The first-order valence-electron chi connectivity index (χ1n) is 12.7. The highest BCUT2D eigenvalue weighted by atomic mass is 16.3. The van der Waals surface area contributed by atoms with Crippen LogP contribution in [-0.4, -0.2) is 45.8 Å². The Hall–Kier alpha value is -1.66. The van der Waals surface area contributed by atoms with E-state index in [-0.39, 0.29) is 5.41 Å². The van der Waals surface area contributed by atoms with Gasteiger partial charge in [-0.1, -0.05) is 85.2 Å². The number of aliphatic hydroxyl groups excluding tert-OH is 3. The lowest BCUT2D eigenvalue weighted by Gasteiger charge is -2.42. The highest BCUT2D eigenvalue weighted by Crippen LogP contribution is 2.47. The van der Waals surface area contributed by atoms with Gasteiger partial charge < -0.3 is 26.2 Å². The van der Waals surface area contributed by atoms with Crippen molar-refractivity contribution in [3.05, 3.63) is 52.1 Å². The lowest BCUT2D eigenvalue weighted by molar-refractivity contribution is 0.0697. The van der Waals surface area contributed by atoms with Crippen LogP contribution < -0.4 is 5.73 Å². The zero-order valence-electron chi connectivity index (χ0n) is 22.7. The predicted molar refractivity (Wildman–Crippen MR) is 142 cm³/mol. The molecule has 0 fully saturated rings. The molecule has 5 nitrogen and oxygen atoms in total. The first-order valence-corrected chi connectivity index (χ1v) is 12.7. The fourth-order valence-corrected chi connectivity index (χ4v) is 4.30. The number of phenolic OH excluding ortho intramolecular Hbond substituents is 1. The maximum atomic E-state index is 10.6. The summed E-state index contributed by atoms with van der Waals surface area (Å²) in [6, 6.07) is 4.54. The van der Waals surface area contributed by atoms with E-state index in [1.165, 1.54) is 11.1 Å². The molecular formula is C29H49NO4. The Morgan fingerprint density at radius 2 is 1.35 bits per heavy atom. The first-order chi connectivity index (χ1) is 15.8. The van der Waals surface area contributed by atoms with Gasteiger partial charge in [0.05, 0.1) is 25.4 Å². The molecule has 2 rings (SSSR count). The lowest BCUT2D eigenvalue weighted by atomic mass is 9.62. The van der Waals surface area contributed by atoms with Crippen LogP contribution in [0.4, 0.5) is 0 Å². The van der Waals surface area contributed by atoms with Crippen LogP contribution in [0.1, 0.15) is 78.5 Å². The zero-order valence-corrected chi connectivity index (χ0v) is 22.7. The van der Waals surface area contributed by atoms with E-state index in [9.17, 15) is 5.11 Å². The number of nitrogens with two attached hydrogens (primary N) is 1. The van der Waals surface area contributed by atoms with E-state index in [4.69, 9.17) is 21.1 Å². The minimum absolute atomic E-state index is 0.00942. The third-order valence-corrected chi connectivity index (χ3v) is 7.22. The van der Waals surface area contributed by atoms with Gasteiger partial charge in [-0.25, -0.2) is 0 Å². The molecule has 1 aliphatic carbocycles. The Morgan fingerprint density at radius 1 is 0.882 bits per heavy atom. The normalized spacial score (nSPS) is 18.7. The van der Waals surface area contributed by atoms with Crippen LogP contribution in [-0.2, 0) is 18.3 Å². The number of benzene rings is 1. The van der Waals surface area contributed by atoms with Gasteiger partial charge in [0.1, 0.15) is 5.75 Å². The largest absolute Gasteiger partial charge is 0.507 e. The van der Waals surface area contributed by atoms with Crippen molar-refractivity contribution >= 4 is 0 Å². The van der Waals surface area contributed by atoms with Crippen LogP contribution in [0, 0.1) is 17.8 Å². The molecule has 1 aromatic carbocycles. The standard InChI is InChI=1S/C25H38O.C4H11NO3/c1-9-19-12-23(13-20(10-2)24(19)26)25(18(7)8)14-21(16(3)4)11-22(15-25)17(5)6;5-4(1-6,2-7)3-8/h11-14,16-18,26H,9-10,15H2,1-8H3;6-8H,1-3,5H2. The number of rotatable bonds is 9. The van der Waals surface area contributed by atoms with Crippen molar-refractivity contribution in [2.24, 2.45) is 23.5 Å². The molecule has 6 N–H and O–H groups in total. The summed E-state index contributed by atoms with van der Waals surface area (Å²) < 4.78 is 0. The van der Waals surface area contributed by atoms with Crippen molar-refractivity contribution in [2.45, 2.75) is 85.6 Å². The Morgan fingerprint density at radius 3 is 1.65 bits per heavy atom. The third-order valence-electron chi connectivity index (χ3n) is 7.22. The molecule has 0 bridgehead atoms. The van der Waals surface area contributed by atoms with E-state index >= 15 is 0 Å². The van der Waals surface area contributed by atoms with E-state index in [1.54, 1.807) is 5.57 Å². The summed E-state index contributed by atoms with van der Waals surface area (Å²) >= 11 is 0. The molecule has 0 radical (unpaired) electrons. The Labute approximate surface area is 207 Å². The van der Waals surface area contributed by atoms with E-state index in [1.807, 2.05) is 0 Å². The maximum absolute atomic E-state index is 10.6. The molecule has 0 aromatic heterocycles. The summed E-state index contributed by atoms with van der Waals surface area (Å²) in [6.45, 7) is 17.0. The molecule has 1 atom stereocenters. The molecule has 5 heteroatoms. The Balaban J connectivity index is 0.000000620. The summed E-state index contributed by atoms with van der Waals surface area (Å²) in [4.78, 5) is 0. The van der Waals surface area contributed by atoms with E-state index in [0.29, 0.717) is 23.5 Å². The molecular weight excluding hydrogens is 426 g/mol. The van der Waals surface area contributed by atoms with Gasteiger partial charge in [0.25, 0.3) is 0 Å². The molecule has 0 saturated heterocycles. The summed E-state index contributed by atoms with van der Waals surface area (Å²) in [7, 11) is 0. The van der Waals surface area contributed by atoms with E-state index in [2.05, 4.69) is 79.7 Å². The van der Waals surface area contributed by atoms with Gasteiger partial charge in [0, 0.05) is 5.41 Å². The quantitative estimate of drug-likeness (QED) is 0.358. The monoisotopic (exact) mass is 475 g/mol. The summed E-state index contributed by atoms with van der Waals surface area (Å²) in [6.07, 6.45) is 7.80. The molecule has 1 unspecified atom stereocenters. The average Bonchev–Trinajstić information content (AvgIpc) is 2.83. The first kappa shape index (κ1) is 30.4. The fourth-order valence-electron chi connectivity index (χ4n) is 4.30. The number of phenols is 1. The van der Waals surface area contributed by atoms with Crippen LogP contribution in [0.5, 0.6) is 5.75 Å². The summed E-state index contributed by atoms with van der Waals surface area (Å²) in [5, 5.41) is 35.6. The number of aromatic hydroxyl groups is 1. The zero-order chi connectivity index (χ0) is 26.3. The van der Waals surface area contributed by atoms with E-state index < -0.39 is 25.4 Å². The van der Waals surface area contributed by atoms with Crippen LogP contribution in [0.3, 0.4) is 0 Å². The highest BCUT2D eigenvalue weighted by Gasteiger charge is 2.38. The minimum Gasteiger partial charge on any atom is -0.507 e. The number of hydrogen-bond acceptors (Lipinski definition) is 5. The summed E-state index contributed by atoms with van der Waals surface area (Å²) in [5.41, 5.74) is 10.5. The number of allylic oxidation sites excluding steroid dienone is 4. The van der Waals surface area contributed by atoms with Crippen molar-refractivity contribution in [3.63, 3.8) is 0 Å². The van der Waals surface area contributed by atoms with Crippen molar-refractivity contribution in [2.75, 3.05) is 19.8 Å². The van der Waals surface area contributed by atoms with Gasteiger partial charge in [0.2, 0.25) is 0 Å². The topological polar surface area (TPSA) is 107 Å². The van der Waals surface area contributed by atoms with Gasteiger partial charge in [-0.3, -0.25) is 0 Å². The molecule has 194 valence electrons. The Bertz CT molecular complexity index is 816. The second-order valence-corrected chi connectivity index (χ2v) is 10.7. The van der Waals surface area contributed by atoms with E-state index in [0.717, 1.165) is 30.4 Å². The predicted octanol–water partition coefficient (Wildman–Crippen LogP) is 4.64. The molecule has 0 saturated carbocycles. The third kappa shape index (κ3) is 6.94. The second-order valence-electron chi connectivity index (χ2n) is 10.7. The number of hydrogen-bond donors (Lipinski definition) is 5. The Kier molecular flexibility index (Phi) is 11.5. The van der Waals surface area contributed by atoms with Crippen molar-refractivity contribution in [1.29, 1.82) is 0 Å². The number of aryl methyl sites for hydroxylation is 2. The molecule has 1 aromatic rings. The van der Waals surface area contributed by atoms with Gasteiger partial charge >= 0.3 is 0 Å². The maximum Gasteiger partial charge on any atom is 0.121 e. The van der Waals surface area contributed by atoms with Crippen molar-refractivity contribution in [1.82, 2.24) is 0 Å². The molecule has 34 heavy (non-hydrogen) atoms. The molecule has 0 amide bonds. The smallest absolute Gasteiger partial charge is 0.121 e. The second kappa shape index (κ2) is 12.9. The van der Waals surface area contributed by atoms with Crippen LogP contribution in [0.25, 0.3) is 0 Å².